The third-order valence-electron chi connectivity index (χ3n) is 3.76. The van der Waals surface area contributed by atoms with Crippen LogP contribution in [0.1, 0.15) is 24.2 Å². The zero-order chi connectivity index (χ0) is 19.9. The van der Waals surface area contributed by atoms with Crippen LogP contribution < -0.4 is 10.6 Å². The second-order valence-corrected chi connectivity index (χ2v) is 8.29. The van der Waals surface area contributed by atoms with E-state index in [4.69, 9.17) is 0 Å². The summed E-state index contributed by atoms with van der Waals surface area (Å²) in [6, 6.07) is 15.0. The average Bonchev–Trinajstić information content (AvgIpc) is 3.21. The van der Waals surface area contributed by atoms with Crippen LogP contribution in [0.15, 0.2) is 65.0 Å². The Kier molecular flexibility index (Phi) is 6.84. The minimum absolute atomic E-state index is 0.0482. The van der Waals surface area contributed by atoms with Gasteiger partial charge in [0.2, 0.25) is 5.91 Å². The van der Waals surface area contributed by atoms with Crippen molar-refractivity contribution in [1.82, 2.24) is 10.3 Å². The summed E-state index contributed by atoms with van der Waals surface area (Å²) in [4.78, 5) is 29.7. The molecule has 0 spiro atoms. The lowest BCUT2D eigenvalue weighted by Gasteiger charge is -2.11. The molecule has 0 aliphatic rings. The van der Waals surface area contributed by atoms with Gasteiger partial charge in [-0.15, -0.1) is 23.1 Å². The monoisotopic (exact) mass is 411 g/mol. The first-order valence-electron chi connectivity index (χ1n) is 8.85. The van der Waals surface area contributed by atoms with Crippen LogP contribution in [-0.2, 0) is 4.79 Å². The van der Waals surface area contributed by atoms with E-state index in [1.54, 1.807) is 23.6 Å². The fourth-order valence-corrected chi connectivity index (χ4v) is 4.05. The van der Waals surface area contributed by atoms with Crippen LogP contribution in [0.2, 0.25) is 0 Å². The maximum atomic E-state index is 12.7. The van der Waals surface area contributed by atoms with Crippen LogP contribution in [0.3, 0.4) is 0 Å². The molecule has 0 unspecified atom stereocenters. The Morgan fingerprint density at radius 3 is 2.54 bits per heavy atom. The van der Waals surface area contributed by atoms with E-state index in [1.807, 2.05) is 61.7 Å². The number of nitrogens with one attached hydrogen (secondary N) is 2. The Bertz CT molecular complexity index is 939. The zero-order valence-corrected chi connectivity index (χ0v) is 17.3. The first-order valence-corrected chi connectivity index (χ1v) is 10.7. The van der Waals surface area contributed by atoms with E-state index >= 15 is 0 Å². The third-order valence-corrected chi connectivity index (χ3v) is 5.66. The van der Waals surface area contributed by atoms with Gasteiger partial charge in [0.05, 0.1) is 11.3 Å². The molecular formula is C21H21N3O2S2. The van der Waals surface area contributed by atoms with Gasteiger partial charge < -0.3 is 10.6 Å². The molecule has 0 atom stereocenters. The van der Waals surface area contributed by atoms with Crippen LogP contribution in [0, 0.1) is 0 Å². The fraction of sp³-hybridized carbons (Fsp3) is 0.190. The fourth-order valence-electron chi connectivity index (χ4n) is 2.55. The van der Waals surface area contributed by atoms with Crippen molar-refractivity contribution in [1.29, 1.82) is 0 Å². The Labute approximate surface area is 172 Å². The number of amides is 2. The van der Waals surface area contributed by atoms with Gasteiger partial charge in [0.1, 0.15) is 5.01 Å². The van der Waals surface area contributed by atoms with Crippen LogP contribution in [0.25, 0.3) is 10.6 Å². The number of carbonyl (C=O) groups excluding carboxylic acids is 2. The number of aromatic nitrogens is 1. The van der Waals surface area contributed by atoms with Gasteiger partial charge in [-0.3, -0.25) is 9.59 Å². The van der Waals surface area contributed by atoms with Gasteiger partial charge in [0.15, 0.2) is 0 Å². The lowest BCUT2D eigenvalue weighted by molar-refractivity contribution is -0.119. The highest BCUT2D eigenvalue weighted by atomic mass is 32.2. The van der Waals surface area contributed by atoms with Crippen LogP contribution in [0.5, 0.6) is 0 Å². The third kappa shape index (κ3) is 5.43. The van der Waals surface area contributed by atoms with Crippen LogP contribution >= 0.6 is 23.1 Å². The van der Waals surface area contributed by atoms with Crippen LogP contribution in [0.4, 0.5) is 5.69 Å². The second-order valence-electron chi connectivity index (χ2n) is 6.38. The number of carbonyl (C=O) groups is 2. The average molecular weight is 412 g/mol. The lowest BCUT2D eigenvalue weighted by atomic mass is 10.2. The zero-order valence-electron chi connectivity index (χ0n) is 15.6. The summed E-state index contributed by atoms with van der Waals surface area (Å²) in [5.74, 6) is 0.0210. The number of nitrogens with zero attached hydrogens (tertiary/aromatic N) is 1. The molecular weight excluding hydrogens is 390 g/mol. The molecule has 2 aromatic carbocycles. The van der Waals surface area contributed by atoms with Crippen molar-refractivity contribution in [2.75, 3.05) is 11.1 Å². The molecule has 0 aliphatic heterocycles. The van der Waals surface area contributed by atoms with Gasteiger partial charge in [-0.2, -0.15) is 0 Å². The molecule has 0 bridgehead atoms. The molecule has 144 valence electrons. The maximum Gasteiger partial charge on any atom is 0.256 e. The van der Waals surface area contributed by atoms with E-state index in [9.17, 15) is 9.59 Å². The normalized spacial score (nSPS) is 10.7. The summed E-state index contributed by atoms with van der Waals surface area (Å²) in [7, 11) is 0. The Morgan fingerprint density at radius 1 is 1.11 bits per heavy atom. The molecule has 0 saturated heterocycles. The smallest absolute Gasteiger partial charge is 0.256 e. The summed E-state index contributed by atoms with van der Waals surface area (Å²) in [6.07, 6.45) is 1.77. The van der Waals surface area contributed by atoms with Gasteiger partial charge in [-0.05, 0) is 50.2 Å². The Hall–Kier alpha value is -2.64. The molecule has 0 aliphatic carbocycles. The first-order chi connectivity index (χ1) is 13.5. The SMILES string of the molecule is CC(C)NC(=O)CSc1ccccc1C(=O)Nc1ccc(-c2nccs2)cc1. The van der Waals surface area contributed by atoms with Crippen molar-refractivity contribution in [3.63, 3.8) is 0 Å². The van der Waals surface area contributed by atoms with E-state index in [1.165, 1.54) is 11.8 Å². The maximum absolute atomic E-state index is 12.7. The number of thiazole rings is 1. The highest BCUT2D eigenvalue weighted by Gasteiger charge is 2.13. The number of hydrogen-bond acceptors (Lipinski definition) is 5. The van der Waals surface area contributed by atoms with E-state index in [0.717, 1.165) is 15.5 Å². The molecule has 2 amide bonds. The summed E-state index contributed by atoms with van der Waals surface area (Å²) >= 11 is 2.93. The molecule has 0 saturated carbocycles. The van der Waals surface area contributed by atoms with E-state index in [2.05, 4.69) is 15.6 Å². The van der Waals surface area contributed by atoms with Crippen molar-refractivity contribution < 1.29 is 9.59 Å². The summed E-state index contributed by atoms with van der Waals surface area (Å²) < 4.78 is 0. The lowest BCUT2D eigenvalue weighted by Crippen LogP contribution is -2.31. The predicted molar refractivity (Wildman–Crippen MR) is 116 cm³/mol. The number of anilines is 1. The Balaban J connectivity index is 1.66. The van der Waals surface area contributed by atoms with Gasteiger partial charge in [0, 0.05) is 33.8 Å². The topological polar surface area (TPSA) is 71.1 Å². The van der Waals surface area contributed by atoms with E-state index < -0.39 is 0 Å². The Morgan fingerprint density at radius 2 is 1.86 bits per heavy atom. The van der Waals surface area contributed by atoms with Crippen LogP contribution in [-0.4, -0.2) is 28.6 Å². The summed E-state index contributed by atoms with van der Waals surface area (Å²) in [5, 5.41) is 8.65. The molecule has 2 N–H and O–H groups in total. The number of rotatable bonds is 7. The molecule has 7 heteroatoms. The second kappa shape index (κ2) is 9.52. The van der Waals surface area contributed by atoms with Crippen molar-refractivity contribution in [2.45, 2.75) is 24.8 Å². The molecule has 3 aromatic rings. The summed E-state index contributed by atoms with van der Waals surface area (Å²) in [6.45, 7) is 3.84. The predicted octanol–water partition coefficient (Wildman–Crippen LogP) is 4.68. The quantitative estimate of drug-likeness (QED) is 0.554. The van der Waals surface area contributed by atoms with Gasteiger partial charge in [-0.1, -0.05) is 12.1 Å². The molecule has 1 heterocycles. The minimum Gasteiger partial charge on any atom is -0.353 e. The van der Waals surface area contributed by atoms with Crippen molar-refractivity contribution in [2.24, 2.45) is 0 Å². The van der Waals surface area contributed by atoms with Crippen molar-refractivity contribution in [3.8, 4) is 10.6 Å². The van der Waals surface area contributed by atoms with E-state index in [-0.39, 0.29) is 23.6 Å². The first kappa shape index (κ1) is 20.1. The number of hydrogen-bond donors (Lipinski definition) is 2. The van der Waals surface area contributed by atoms with Gasteiger partial charge >= 0.3 is 0 Å². The standard InChI is InChI=1S/C21H21N3O2S2/c1-14(2)23-19(25)13-28-18-6-4-3-5-17(18)20(26)24-16-9-7-15(8-10-16)21-22-11-12-27-21/h3-12,14H,13H2,1-2H3,(H,23,25)(H,24,26). The molecule has 28 heavy (non-hydrogen) atoms. The van der Waals surface area contributed by atoms with Crippen molar-refractivity contribution >= 4 is 40.6 Å². The van der Waals surface area contributed by atoms with Gasteiger partial charge in [-0.25, -0.2) is 4.98 Å². The summed E-state index contributed by atoms with van der Waals surface area (Å²) in [5.41, 5.74) is 2.27. The van der Waals surface area contributed by atoms with Gasteiger partial charge in [0.25, 0.3) is 5.91 Å². The molecule has 3 rings (SSSR count). The highest BCUT2D eigenvalue weighted by molar-refractivity contribution is 8.00. The minimum atomic E-state index is -0.200. The number of benzene rings is 2. The van der Waals surface area contributed by atoms with Crippen molar-refractivity contribution in [3.05, 3.63) is 65.7 Å². The van der Waals surface area contributed by atoms with E-state index in [0.29, 0.717) is 11.3 Å². The molecule has 0 radical (unpaired) electrons. The molecule has 1 aromatic heterocycles. The number of thioether (sulfide) groups is 1. The molecule has 5 nitrogen and oxygen atoms in total. The highest BCUT2D eigenvalue weighted by Crippen LogP contribution is 2.25. The largest absolute Gasteiger partial charge is 0.353 e. The molecule has 0 fully saturated rings.